The third-order valence-electron chi connectivity index (χ3n) is 2.78. The number of hydrogen-bond donors (Lipinski definition) is 2. The monoisotopic (exact) mass is 284 g/mol. The number of halogens is 1. The van der Waals surface area contributed by atoms with Gasteiger partial charge in [-0.2, -0.15) is 0 Å². The van der Waals surface area contributed by atoms with Crippen molar-refractivity contribution in [2.75, 3.05) is 11.9 Å². The molecule has 0 saturated carbocycles. The van der Waals surface area contributed by atoms with Crippen LogP contribution in [0.1, 0.15) is 21.5 Å². The second-order valence-electron chi connectivity index (χ2n) is 4.30. The SMILES string of the molecule is Cc1cc(NC(=O)c2ccncc2C#CCO)ccc1F. The topological polar surface area (TPSA) is 62.2 Å². The summed E-state index contributed by atoms with van der Waals surface area (Å²) >= 11 is 0. The maximum absolute atomic E-state index is 13.2. The molecule has 2 aromatic rings. The molecule has 0 fully saturated rings. The van der Waals surface area contributed by atoms with Gasteiger partial charge >= 0.3 is 0 Å². The van der Waals surface area contributed by atoms with Gasteiger partial charge < -0.3 is 10.4 Å². The summed E-state index contributed by atoms with van der Waals surface area (Å²) < 4.78 is 13.2. The van der Waals surface area contributed by atoms with Crippen molar-refractivity contribution in [3.63, 3.8) is 0 Å². The number of nitrogens with one attached hydrogen (secondary N) is 1. The molecule has 1 heterocycles. The van der Waals surface area contributed by atoms with Crippen LogP contribution in [0, 0.1) is 24.6 Å². The van der Waals surface area contributed by atoms with E-state index in [9.17, 15) is 9.18 Å². The van der Waals surface area contributed by atoms with Crippen molar-refractivity contribution in [2.24, 2.45) is 0 Å². The third-order valence-corrected chi connectivity index (χ3v) is 2.78. The molecule has 2 rings (SSSR count). The Bertz CT molecular complexity index is 733. The van der Waals surface area contributed by atoms with E-state index in [1.165, 1.54) is 30.6 Å². The highest BCUT2D eigenvalue weighted by molar-refractivity contribution is 6.05. The molecule has 0 unspecified atom stereocenters. The highest BCUT2D eigenvalue weighted by atomic mass is 19.1. The number of carbonyl (C=O) groups excluding carboxylic acids is 1. The molecule has 2 N–H and O–H groups in total. The molecule has 0 aliphatic carbocycles. The molecular weight excluding hydrogens is 271 g/mol. The Morgan fingerprint density at radius 2 is 2.24 bits per heavy atom. The summed E-state index contributed by atoms with van der Waals surface area (Å²) in [6.45, 7) is 1.32. The van der Waals surface area contributed by atoms with Gasteiger partial charge in [0.2, 0.25) is 0 Å². The minimum absolute atomic E-state index is 0.299. The van der Waals surface area contributed by atoms with Gasteiger partial charge in [-0.3, -0.25) is 9.78 Å². The van der Waals surface area contributed by atoms with Gasteiger partial charge in [-0.1, -0.05) is 11.8 Å². The fourth-order valence-corrected chi connectivity index (χ4v) is 1.75. The van der Waals surface area contributed by atoms with Crippen LogP contribution < -0.4 is 5.32 Å². The lowest BCUT2D eigenvalue weighted by atomic mass is 10.1. The van der Waals surface area contributed by atoms with Gasteiger partial charge in [-0.25, -0.2) is 4.39 Å². The summed E-state index contributed by atoms with van der Waals surface area (Å²) in [5.41, 5.74) is 1.70. The zero-order valence-electron chi connectivity index (χ0n) is 11.4. The fraction of sp³-hybridized carbons (Fsp3) is 0.125. The number of hydrogen-bond acceptors (Lipinski definition) is 3. The van der Waals surface area contributed by atoms with Crippen LogP contribution in [0.5, 0.6) is 0 Å². The van der Waals surface area contributed by atoms with E-state index in [-0.39, 0.29) is 18.3 Å². The van der Waals surface area contributed by atoms with Gasteiger partial charge in [0.1, 0.15) is 12.4 Å². The van der Waals surface area contributed by atoms with E-state index < -0.39 is 0 Å². The molecule has 0 atom stereocenters. The molecule has 0 saturated heterocycles. The van der Waals surface area contributed by atoms with Crippen LogP contribution in [-0.2, 0) is 0 Å². The second kappa shape index (κ2) is 6.64. The predicted molar refractivity (Wildman–Crippen MR) is 77.3 cm³/mol. The molecule has 0 aliphatic rings. The normalized spacial score (nSPS) is 9.67. The average molecular weight is 284 g/mol. The van der Waals surface area contributed by atoms with E-state index in [0.29, 0.717) is 22.4 Å². The molecule has 0 radical (unpaired) electrons. The van der Waals surface area contributed by atoms with Gasteiger partial charge in [-0.05, 0) is 36.8 Å². The van der Waals surface area contributed by atoms with Crippen molar-refractivity contribution in [3.05, 3.63) is 59.2 Å². The lowest BCUT2D eigenvalue weighted by molar-refractivity contribution is 0.102. The average Bonchev–Trinajstić information content (AvgIpc) is 2.49. The quantitative estimate of drug-likeness (QED) is 0.830. The zero-order valence-corrected chi connectivity index (χ0v) is 11.4. The number of nitrogens with zero attached hydrogens (tertiary/aromatic N) is 1. The van der Waals surface area contributed by atoms with E-state index in [2.05, 4.69) is 22.1 Å². The lowest BCUT2D eigenvalue weighted by Crippen LogP contribution is -2.14. The summed E-state index contributed by atoms with van der Waals surface area (Å²) in [6.07, 6.45) is 2.93. The first-order chi connectivity index (χ1) is 10.1. The highest BCUT2D eigenvalue weighted by Gasteiger charge is 2.11. The number of rotatable bonds is 2. The highest BCUT2D eigenvalue weighted by Crippen LogP contribution is 2.15. The number of pyridine rings is 1. The largest absolute Gasteiger partial charge is 0.384 e. The van der Waals surface area contributed by atoms with E-state index in [0.717, 1.165) is 0 Å². The summed E-state index contributed by atoms with van der Waals surface area (Å²) in [6, 6.07) is 5.87. The molecule has 5 heteroatoms. The van der Waals surface area contributed by atoms with Crippen LogP contribution in [-0.4, -0.2) is 22.6 Å². The van der Waals surface area contributed by atoms with Crippen LogP contribution in [0.2, 0.25) is 0 Å². The lowest BCUT2D eigenvalue weighted by Gasteiger charge is -2.07. The summed E-state index contributed by atoms with van der Waals surface area (Å²) in [4.78, 5) is 16.1. The molecule has 21 heavy (non-hydrogen) atoms. The van der Waals surface area contributed by atoms with Gasteiger partial charge in [0.25, 0.3) is 5.91 Å². The third kappa shape index (κ3) is 3.65. The molecule has 1 amide bonds. The number of benzene rings is 1. The van der Waals surface area contributed by atoms with Crippen LogP contribution in [0.3, 0.4) is 0 Å². The molecule has 1 aromatic carbocycles. The molecule has 0 spiro atoms. The van der Waals surface area contributed by atoms with E-state index in [1.54, 1.807) is 13.0 Å². The molecular formula is C16H13FN2O2. The zero-order chi connectivity index (χ0) is 15.2. The van der Waals surface area contributed by atoms with E-state index in [4.69, 9.17) is 5.11 Å². The number of aliphatic hydroxyl groups is 1. The van der Waals surface area contributed by atoms with Crippen LogP contribution >= 0.6 is 0 Å². The maximum Gasteiger partial charge on any atom is 0.257 e. The number of aromatic nitrogens is 1. The van der Waals surface area contributed by atoms with Crippen molar-refractivity contribution in [3.8, 4) is 11.8 Å². The van der Waals surface area contributed by atoms with Gasteiger partial charge in [0.05, 0.1) is 11.1 Å². The Labute approximate surface area is 121 Å². The summed E-state index contributed by atoms with van der Waals surface area (Å²) in [5, 5.41) is 11.4. The second-order valence-corrected chi connectivity index (χ2v) is 4.30. The molecule has 4 nitrogen and oxygen atoms in total. The van der Waals surface area contributed by atoms with Crippen molar-refractivity contribution in [1.82, 2.24) is 4.98 Å². The Morgan fingerprint density at radius 1 is 1.43 bits per heavy atom. The molecule has 0 aliphatic heterocycles. The Morgan fingerprint density at radius 3 is 2.95 bits per heavy atom. The van der Waals surface area contributed by atoms with Gasteiger partial charge in [0, 0.05) is 18.1 Å². The number of aryl methyl sites for hydroxylation is 1. The number of amides is 1. The van der Waals surface area contributed by atoms with Crippen molar-refractivity contribution < 1.29 is 14.3 Å². The number of anilines is 1. The molecule has 0 bridgehead atoms. The van der Waals surface area contributed by atoms with Crippen molar-refractivity contribution in [1.29, 1.82) is 0 Å². The predicted octanol–water partition coefficient (Wildman–Crippen LogP) is 2.13. The van der Waals surface area contributed by atoms with Crippen molar-refractivity contribution >= 4 is 11.6 Å². The van der Waals surface area contributed by atoms with E-state index >= 15 is 0 Å². The van der Waals surface area contributed by atoms with Gasteiger partial charge in [-0.15, -0.1) is 0 Å². The first kappa shape index (κ1) is 14.7. The fourth-order valence-electron chi connectivity index (χ4n) is 1.75. The Hall–Kier alpha value is -2.71. The summed E-state index contributed by atoms with van der Waals surface area (Å²) in [7, 11) is 0. The van der Waals surface area contributed by atoms with Crippen LogP contribution in [0.25, 0.3) is 0 Å². The maximum atomic E-state index is 13.2. The molecule has 1 aromatic heterocycles. The summed E-state index contributed by atoms with van der Waals surface area (Å²) in [5.74, 6) is 4.45. The Balaban J connectivity index is 2.26. The van der Waals surface area contributed by atoms with Crippen LogP contribution in [0.15, 0.2) is 36.7 Å². The standard InChI is InChI=1S/C16H13FN2O2/c1-11-9-13(4-5-15(11)17)19-16(21)14-6-7-18-10-12(14)3-2-8-20/h4-7,9-10,20H,8H2,1H3,(H,19,21). The smallest absolute Gasteiger partial charge is 0.257 e. The number of aliphatic hydroxyl groups excluding tert-OH is 1. The van der Waals surface area contributed by atoms with Crippen molar-refractivity contribution in [2.45, 2.75) is 6.92 Å². The van der Waals surface area contributed by atoms with E-state index in [1.807, 2.05) is 0 Å². The number of carbonyl (C=O) groups is 1. The van der Waals surface area contributed by atoms with Gasteiger partial charge in [0.15, 0.2) is 0 Å². The Kier molecular flexibility index (Phi) is 4.64. The first-order valence-corrected chi connectivity index (χ1v) is 6.23. The minimum atomic E-state index is -0.370. The minimum Gasteiger partial charge on any atom is -0.384 e. The molecule has 106 valence electrons. The first-order valence-electron chi connectivity index (χ1n) is 6.23. The van der Waals surface area contributed by atoms with Crippen LogP contribution in [0.4, 0.5) is 10.1 Å².